The number of aromatic nitrogens is 2. The van der Waals surface area contributed by atoms with E-state index in [2.05, 4.69) is 55.6 Å². The highest BCUT2D eigenvalue weighted by atomic mass is 79.9. The molecule has 0 fully saturated rings. The first kappa shape index (κ1) is 14.9. The van der Waals surface area contributed by atoms with Gasteiger partial charge in [-0.3, -0.25) is 4.98 Å². The fraction of sp³-hybridized carbons (Fsp3) is 0.333. The van der Waals surface area contributed by atoms with Gasteiger partial charge in [0.1, 0.15) is 5.82 Å². The molecule has 2 N–H and O–H groups in total. The molecule has 0 amide bonds. The summed E-state index contributed by atoms with van der Waals surface area (Å²) in [5.41, 5.74) is 2.37. The van der Waals surface area contributed by atoms with Crippen molar-refractivity contribution in [3.8, 4) is 0 Å². The molecule has 0 aromatic carbocycles. The maximum absolute atomic E-state index is 4.36. The van der Waals surface area contributed by atoms with Crippen LogP contribution in [0, 0.1) is 6.92 Å². The van der Waals surface area contributed by atoms with Crippen molar-refractivity contribution >= 4 is 21.7 Å². The van der Waals surface area contributed by atoms with Crippen LogP contribution in [0.15, 0.2) is 41.3 Å². The number of aryl methyl sites for hydroxylation is 1. The van der Waals surface area contributed by atoms with Gasteiger partial charge in [0.2, 0.25) is 0 Å². The number of pyridine rings is 2. The Kier molecular flexibility index (Phi) is 5.95. The SMILES string of the molecule is Cc1cc(Br)cnc1NCCCNCc1cccnc1. The van der Waals surface area contributed by atoms with E-state index in [0.717, 1.165) is 41.9 Å². The Bertz CT molecular complexity index is 531. The summed E-state index contributed by atoms with van der Waals surface area (Å²) in [6, 6.07) is 6.10. The summed E-state index contributed by atoms with van der Waals surface area (Å²) in [6.45, 7) is 4.80. The summed E-state index contributed by atoms with van der Waals surface area (Å²) < 4.78 is 1.01. The number of hydrogen-bond donors (Lipinski definition) is 2. The number of nitrogens with zero attached hydrogens (tertiary/aromatic N) is 2. The maximum atomic E-state index is 4.36. The van der Waals surface area contributed by atoms with Gasteiger partial charge < -0.3 is 10.6 Å². The topological polar surface area (TPSA) is 49.8 Å². The normalized spacial score (nSPS) is 10.5. The van der Waals surface area contributed by atoms with Crippen molar-refractivity contribution in [2.24, 2.45) is 0 Å². The second kappa shape index (κ2) is 7.97. The van der Waals surface area contributed by atoms with Crippen LogP contribution in [-0.2, 0) is 6.54 Å². The summed E-state index contributed by atoms with van der Waals surface area (Å²) in [6.07, 6.45) is 6.55. The zero-order valence-electron chi connectivity index (χ0n) is 11.6. The lowest BCUT2D eigenvalue weighted by molar-refractivity contribution is 0.661. The molecule has 0 unspecified atom stereocenters. The Morgan fingerprint density at radius 3 is 2.90 bits per heavy atom. The van der Waals surface area contributed by atoms with E-state index in [1.807, 2.05) is 18.5 Å². The van der Waals surface area contributed by atoms with Crippen LogP contribution in [0.4, 0.5) is 5.82 Å². The molecule has 106 valence electrons. The van der Waals surface area contributed by atoms with E-state index in [-0.39, 0.29) is 0 Å². The third-order valence-corrected chi connectivity index (χ3v) is 3.35. The Hall–Kier alpha value is -1.46. The van der Waals surface area contributed by atoms with Crippen molar-refractivity contribution in [1.29, 1.82) is 0 Å². The van der Waals surface area contributed by atoms with Crippen molar-refractivity contribution in [2.45, 2.75) is 19.9 Å². The molecule has 0 saturated heterocycles. The third kappa shape index (κ3) is 4.90. The van der Waals surface area contributed by atoms with Gasteiger partial charge in [-0.25, -0.2) is 4.98 Å². The molecule has 0 saturated carbocycles. The number of halogens is 1. The van der Waals surface area contributed by atoms with E-state index in [1.165, 1.54) is 5.56 Å². The molecule has 0 atom stereocenters. The summed E-state index contributed by atoms with van der Waals surface area (Å²) >= 11 is 3.42. The highest BCUT2D eigenvalue weighted by Crippen LogP contribution is 2.16. The summed E-state index contributed by atoms with van der Waals surface area (Å²) in [5.74, 6) is 0.959. The van der Waals surface area contributed by atoms with Crippen LogP contribution < -0.4 is 10.6 Å². The van der Waals surface area contributed by atoms with Crippen molar-refractivity contribution in [3.63, 3.8) is 0 Å². The molecule has 2 heterocycles. The smallest absolute Gasteiger partial charge is 0.128 e. The average Bonchev–Trinajstić information content (AvgIpc) is 2.46. The predicted molar refractivity (Wildman–Crippen MR) is 85.7 cm³/mol. The van der Waals surface area contributed by atoms with E-state index in [0.29, 0.717) is 0 Å². The Labute approximate surface area is 128 Å². The molecule has 0 aliphatic heterocycles. The van der Waals surface area contributed by atoms with Gasteiger partial charge in [0.15, 0.2) is 0 Å². The van der Waals surface area contributed by atoms with Gasteiger partial charge in [-0.1, -0.05) is 6.07 Å². The van der Waals surface area contributed by atoms with Gasteiger partial charge in [-0.05, 0) is 59.1 Å². The van der Waals surface area contributed by atoms with Gasteiger partial charge in [0.25, 0.3) is 0 Å². The second-order valence-corrected chi connectivity index (χ2v) is 5.55. The highest BCUT2D eigenvalue weighted by Gasteiger charge is 1.99. The molecule has 0 spiro atoms. The largest absolute Gasteiger partial charge is 0.370 e. The standard InChI is InChI=1S/C15H19BrN4/c1-12-8-14(16)11-20-15(12)19-7-3-6-18-10-13-4-2-5-17-9-13/h2,4-5,8-9,11,18H,3,6-7,10H2,1H3,(H,19,20). The summed E-state index contributed by atoms with van der Waals surface area (Å²) in [5, 5.41) is 6.76. The maximum Gasteiger partial charge on any atom is 0.128 e. The second-order valence-electron chi connectivity index (χ2n) is 4.64. The predicted octanol–water partition coefficient (Wildman–Crippen LogP) is 3.14. The fourth-order valence-electron chi connectivity index (χ4n) is 1.88. The lowest BCUT2D eigenvalue weighted by Gasteiger charge is -2.09. The minimum Gasteiger partial charge on any atom is -0.370 e. The van der Waals surface area contributed by atoms with Gasteiger partial charge in [-0.15, -0.1) is 0 Å². The first-order valence-electron chi connectivity index (χ1n) is 6.71. The molecular formula is C15H19BrN4. The molecule has 4 nitrogen and oxygen atoms in total. The third-order valence-electron chi connectivity index (χ3n) is 2.92. The van der Waals surface area contributed by atoms with Crippen molar-refractivity contribution in [1.82, 2.24) is 15.3 Å². The summed E-state index contributed by atoms with van der Waals surface area (Å²) in [4.78, 5) is 8.45. The average molecular weight is 335 g/mol. The number of anilines is 1. The van der Waals surface area contributed by atoms with E-state index in [4.69, 9.17) is 0 Å². The van der Waals surface area contributed by atoms with E-state index >= 15 is 0 Å². The lowest BCUT2D eigenvalue weighted by atomic mass is 10.3. The molecule has 2 rings (SSSR count). The van der Waals surface area contributed by atoms with Crippen LogP contribution in [-0.4, -0.2) is 23.1 Å². The molecule has 5 heteroatoms. The van der Waals surface area contributed by atoms with E-state index < -0.39 is 0 Å². The van der Waals surface area contributed by atoms with Gasteiger partial charge >= 0.3 is 0 Å². The molecule has 0 aliphatic carbocycles. The fourth-order valence-corrected chi connectivity index (χ4v) is 2.33. The number of rotatable bonds is 7. The van der Waals surface area contributed by atoms with Crippen molar-refractivity contribution in [2.75, 3.05) is 18.4 Å². The minimum atomic E-state index is 0.864. The molecule has 0 aliphatic rings. The first-order valence-corrected chi connectivity index (χ1v) is 7.50. The van der Waals surface area contributed by atoms with Crippen molar-refractivity contribution < 1.29 is 0 Å². The monoisotopic (exact) mass is 334 g/mol. The van der Waals surface area contributed by atoms with Crippen LogP contribution in [0.3, 0.4) is 0 Å². The van der Waals surface area contributed by atoms with Crippen LogP contribution in [0.5, 0.6) is 0 Å². The zero-order valence-corrected chi connectivity index (χ0v) is 13.2. The number of nitrogens with one attached hydrogen (secondary N) is 2. The Balaban J connectivity index is 1.62. The Morgan fingerprint density at radius 1 is 1.25 bits per heavy atom. The van der Waals surface area contributed by atoms with E-state index in [1.54, 1.807) is 6.20 Å². The summed E-state index contributed by atoms with van der Waals surface area (Å²) in [7, 11) is 0. The Morgan fingerprint density at radius 2 is 2.15 bits per heavy atom. The minimum absolute atomic E-state index is 0.864. The van der Waals surface area contributed by atoms with Crippen molar-refractivity contribution in [3.05, 3.63) is 52.4 Å². The number of hydrogen-bond acceptors (Lipinski definition) is 4. The van der Waals surface area contributed by atoms with E-state index in [9.17, 15) is 0 Å². The van der Waals surface area contributed by atoms with Crippen LogP contribution in [0.2, 0.25) is 0 Å². The quantitative estimate of drug-likeness (QED) is 0.764. The first-order chi connectivity index (χ1) is 9.75. The molecule has 2 aromatic rings. The zero-order chi connectivity index (χ0) is 14.2. The van der Waals surface area contributed by atoms with Gasteiger partial charge in [-0.2, -0.15) is 0 Å². The lowest BCUT2D eigenvalue weighted by Crippen LogP contribution is -2.18. The molecule has 20 heavy (non-hydrogen) atoms. The van der Waals surface area contributed by atoms with Crippen LogP contribution in [0.1, 0.15) is 17.5 Å². The molecule has 2 aromatic heterocycles. The van der Waals surface area contributed by atoms with Gasteiger partial charge in [0.05, 0.1) is 0 Å². The van der Waals surface area contributed by atoms with Crippen LogP contribution in [0.25, 0.3) is 0 Å². The molecule has 0 bridgehead atoms. The highest BCUT2D eigenvalue weighted by molar-refractivity contribution is 9.10. The molecular weight excluding hydrogens is 316 g/mol. The van der Waals surface area contributed by atoms with Gasteiger partial charge in [0, 0.05) is 36.2 Å². The van der Waals surface area contributed by atoms with Crippen LogP contribution >= 0.6 is 15.9 Å². The molecule has 0 radical (unpaired) electrons.